The first-order valence-corrected chi connectivity index (χ1v) is 7.21. The molecule has 0 radical (unpaired) electrons. The summed E-state index contributed by atoms with van der Waals surface area (Å²) in [7, 11) is 0. The van der Waals surface area contributed by atoms with Gasteiger partial charge >= 0.3 is 0 Å². The largest absolute Gasteiger partial charge is 0.376 e. The summed E-state index contributed by atoms with van der Waals surface area (Å²) in [4.78, 5) is 0. The Morgan fingerprint density at radius 2 is 2.17 bits per heavy atom. The molecule has 102 valence electrons. The van der Waals surface area contributed by atoms with Crippen LogP contribution in [0.25, 0.3) is 0 Å². The zero-order valence-corrected chi connectivity index (χ0v) is 11.3. The zero-order chi connectivity index (χ0) is 12.6. The highest BCUT2D eigenvalue weighted by Gasteiger charge is 2.20. The van der Waals surface area contributed by atoms with Gasteiger partial charge < -0.3 is 10.1 Å². The van der Waals surface area contributed by atoms with Crippen molar-refractivity contribution >= 4 is 0 Å². The minimum atomic E-state index is 0.459. The molecule has 1 aliphatic rings. The minimum absolute atomic E-state index is 0.459. The molecule has 1 N–H and O–H groups in total. The van der Waals surface area contributed by atoms with Gasteiger partial charge in [0.05, 0.1) is 19.3 Å². The van der Waals surface area contributed by atoms with Gasteiger partial charge in [0.15, 0.2) is 0 Å². The van der Waals surface area contributed by atoms with Crippen molar-refractivity contribution in [1.82, 2.24) is 15.1 Å². The molecule has 0 spiro atoms. The molecule has 1 aromatic heterocycles. The zero-order valence-electron chi connectivity index (χ0n) is 11.3. The molecule has 1 aliphatic carbocycles. The summed E-state index contributed by atoms with van der Waals surface area (Å²) in [5.41, 5.74) is 0. The van der Waals surface area contributed by atoms with E-state index in [-0.39, 0.29) is 0 Å². The van der Waals surface area contributed by atoms with Gasteiger partial charge in [-0.2, -0.15) is 5.10 Å². The van der Waals surface area contributed by atoms with Gasteiger partial charge in [0.25, 0.3) is 0 Å². The van der Waals surface area contributed by atoms with E-state index in [9.17, 15) is 0 Å². The van der Waals surface area contributed by atoms with E-state index < -0.39 is 0 Å². The van der Waals surface area contributed by atoms with Crippen LogP contribution in [0.15, 0.2) is 18.5 Å². The fourth-order valence-electron chi connectivity index (χ4n) is 2.53. The van der Waals surface area contributed by atoms with Crippen molar-refractivity contribution in [3.8, 4) is 0 Å². The predicted octanol–water partition coefficient (Wildman–Crippen LogP) is 2.21. The van der Waals surface area contributed by atoms with Crippen molar-refractivity contribution < 1.29 is 4.74 Å². The molecule has 1 heterocycles. The van der Waals surface area contributed by atoms with Crippen LogP contribution in [-0.2, 0) is 11.3 Å². The average Bonchev–Trinajstić information content (AvgIpc) is 2.91. The lowest BCUT2D eigenvalue weighted by atomic mass is 9.93. The molecule has 1 aromatic rings. The van der Waals surface area contributed by atoms with Gasteiger partial charge in [-0.1, -0.05) is 6.92 Å². The Bertz CT molecular complexity index is 305. The van der Waals surface area contributed by atoms with Crippen LogP contribution in [0.3, 0.4) is 0 Å². The molecule has 0 aliphatic heterocycles. The van der Waals surface area contributed by atoms with Crippen molar-refractivity contribution in [2.75, 3.05) is 13.2 Å². The lowest BCUT2D eigenvalue weighted by Gasteiger charge is -2.29. The number of nitrogens with zero attached hydrogens (tertiary/aromatic N) is 2. The van der Waals surface area contributed by atoms with Gasteiger partial charge in [0, 0.05) is 18.4 Å². The first kappa shape index (κ1) is 13.6. The highest BCUT2D eigenvalue weighted by molar-refractivity contribution is 4.79. The molecule has 0 saturated heterocycles. The molecule has 18 heavy (non-hydrogen) atoms. The van der Waals surface area contributed by atoms with Gasteiger partial charge in [-0.05, 0) is 44.7 Å². The maximum atomic E-state index is 5.92. The quantitative estimate of drug-likeness (QED) is 0.807. The monoisotopic (exact) mass is 251 g/mol. The maximum absolute atomic E-state index is 5.92. The minimum Gasteiger partial charge on any atom is -0.376 e. The molecule has 4 nitrogen and oxygen atoms in total. The molecule has 4 heteroatoms. The molecule has 1 fully saturated rings. The lowest BCUT2D eigenvalue weighted by molar-refractivity contribution is 0.0173. The van der Waals surface area contributed by atoms with Gasteiger partial charge in [-0.15, -0.1) is 0 Å². The number of rotatable bonds is 7. The van der Waals surface area contributed by atoms with Crippen LogP contribution in [0.2, 0.25) is 0 Å². The first-order chi connectivity index (χ1) is 8.88. The van der Waals surface area contributed by atoms with Crippen LogP contribution < -0.4 is 5.32 Å². The standard InChI is InChI=1S/C14H25N3O/c1-2-8-15-13-4-6-14(7-5-13)18-12-11-17-10-3-9-16-17/h3,9-10,13-15H,2,4-8,11-12H2,1H3. The van der Waals surface area contributed by atoms with Crippen LogP contribution in [0, 0.1) is 0 Å². The van der Waals surface area contributed by atoms with E-state index in [4.69, 9.17) is 4.74 Å². The van der Waals surface area contributed by atoms with Crippen molar-refractivity contribution in [2.24, 2.45) is 0 Å². The number of hydrogen-bond donors (Lipinski definition) is 1. The molecule has 0 atom stereocenters. The van der Waals surface area contributed by atoms with Crippen molar-refractivity contribution in [2.45, 2.75) is 57.7 Å². The fraction of sp³-hybridized carbons (Fsp3) is 0.786. The van der Waals surface area contributed by atoms with Gasteiger partial charge in [0.1, 0.15) is 0 Å². The molecule has 0 unspecified atom stereocenters. The first-order valence-electron chi connectivity index (χ1n) is 7.21. The second-order valence-corrected chi connectivity index (χ2v) is 5.07. The summed E-state index contributed by atoms with van der Waals surface area (Å²) in [5, 5.41) is 7.77. The topological polar surface area (TPSA) is 39.1 Å². The third-order valence-electron chi connectivity index (χ3n) is 3.59. The maximum Gasteiger partial charge on any atom is 0.0666 e. The van der Waals surface area contributed by atoms with E-state index in [2.05, 4.69) is 17.3 Å². The average molecular weight is 251 g/mol. The lowest BCUT2D eigenvalue weighted by Crippen LogP contribution is -2.36. The van der Waals surface area contributed by atoms with E-state index >= 15 is 0 Å². The normalized spacial score (nSPS) is 24.3. The van der Waals surface area contributed by atoms with Gasteiger partial charge in [-0.25, -0.2) is 0 Å². The Labute approximate surface area is 110 Å². The van der Waals surface area contributed by atoms with Crippen LogP contribution in [0.5, 0.6) is 0 Å². The van der Waals surface area contributed by atoms with Gasteiger partial charge in [-0.3, -0.25) is 4.68 Å². The number of aromatic nitrogens is 2. The van der Waals surface area contributed by atoms with Crippen molar-refractivity contribution in [3.05, 3.63) is 18.5 Å². The number of nitrogens with one attached hydrogen (secondary N) is 1. The van der Waals surface area contributed by atoms with E-state index in [1.807, 2.05) is 23.1 Å². The Kier molecular flexibility index (Phi) is 5.68. The van der Waals surface area contributed by atoms with E-state index in [1.165, 1.54) is 32.1 Å². The molecular weight excluding hydrogens is 226 g/mol. The molecule has 2 rings (SSSR count). The summed E-state index contributed by atoms with van der Waals surface area (Å²) in [6.45, 7) is 5.01. The molecule has 0 bridgehead atoms. The Morgan fingerprint density at radius 3 is 2.83 bits per heavy atom. The number of ether oxygens (including phenoxy) is 1. The molecule has 1 saturated carbocycles. The highest BCUT2D eigenvalue weighted by atomic mass is 16.5. The molecule has 0 aromatic carbocycles. The van der Waals surface area contributed by atoms with Crippen molar-refractivity contribution in [1.29, 1.82) is 0 Å². The van der Waals surface area contributed by atoms with E-state index in [0.29, 0.717) is 6.10 Å². The van der Waals surface area contributed by atoms with Crippen LogP contribution in [-0.4, -0.2) is 35.1 Å². The summed E-state index contributed by atoms with van der Waals surface area (Å²) < 4.78 is 7.85. The highest BCUT2D eigenvalue weighted by Crippen LogP contribution is 2.21. The summed E-state index contributed by atoms with van der Waals surface area (Å²) in [5.74, 6) is 0. The predicted molar refractivity (Wildman–Crippen MR) is 72.5 cm³/mol. The second kappa shape index (κ2) is 7.54. The summed E-state index contributed by atoms with van der Waals surface area (Å²) in [6, 6.07) is 2.67. The van der Waals surface area contributed by atoms with E-state index in [1.54, 1.807) is 0 Å². The van der Waals surface area contributed by atoms with Crippen molar-refractivity contribution in [3.63, 3.8) is 0 Å². The second-order valence-electron chi connectivity index (χ2n) is 5.07. The van der Waals surface area contributed by atoms with Crippen LogP contribution in [0.4, 0.5) is 0 Å². The smallest absolute Gasteiger partial charge is 0.0666 e. The van der Waals surface area contributed by atoms with Gasteiger partial charge in [0.2, 0.25) is 0 Å². The van der Waals surface area contributed by atoms with Crippen LogP contribution in [0.1, 0.15) is 39.0 Å². The Balaban J connectivity index is 1.56. The SMILES string of the molecule is CCCNC1CCC(OCCn2cccn2)CC1. The third-order valence-corrected chi connectivity index (χ3v) is 3.59. The summed E-state index contributed by atoms with van der Waals surface area (Å²) >= 11 is 0. The van der Waals surface area contributed by atoms with E-state index in [0.717, 1.165) is 25.7 Å². The molecule has 0 amide bonds. The Morgan fingerprint density at radius 1 is 1.33 bits per heavy atom. The Hall–Kier alpha value is -0.870. The third kappa shape index (κ3) is 4.42. The number of hydrogen-bond acceptors (Lipinski definition) is 3. The van der Waals surface area contributed by atoms with Crippen LogP contribution >= 0.6 is 0 Å². The summed E-state index contributed by atoms with van der Waals surface area (Å²) in [6.07, 6.45) is 10.4. The molecular formula is C14H25N3O. The fourth-order valence-corrected chi connectivity index (χ4v) is 2.53.